The molecule has 1 aliphatic carbocycles. The summed E-state index contributed by atoms with van der Waals surface area (Å²) >= 11 is 0. The lowest BCUT2D eigenvalue weighted by Crippen LogP contribution is -2.54. The van der Waals surface area contributed by atoms with E-state index in [4.69, 9.17) is 14.2 Å². The van der Waals surface area contributed by atoms with Crippen molar-refractivity contribution < 1.29 is 22.6 Å². The second kappa shape index (κ2) is 6.67. The van der Waals surface area contributed by atoms with E-state index in [1.807, 2.05) is 0 Å². The van der Waals surface area contributed by atoms with Gasteiger partial charge in [-0.05, 0) is 25.0 Å². The van der Waals surface area contributed by atoms with Crippen LogP contribution in [0.25, 0.3) is 0 Å². The first-order valence-corrected chi connectivity index (χ1v) is 9.37. The van der Waals surface area contributed by atoms with Gasteiger partial charge < -0.3 is 14.2 Å². The summed E-state index contributed by atoms with van der Waals surface area (Å²) in [7, 11) is -0.544. The van der Waals surface area contributed by atoms with Crippen molar-refractivity contribution in [1.29, 1.82) is 0 Å². The number of nitrogens with zero attached hydrogens (tertiary/aromatic N) is 1. The van der Waals surface area contributed by atoms with E-state index in [2.05, 4.69) is 0 Å². The van der Waals surface area contributed by atoms with E-state index >= 15 is 0 Å². The molecule has 0 bridgehead atoms. The fourth-order valence-electron chi connectivity index (χ4n) is 3.47. The van der Waals surface area contributed by atoms with Crippen molar-refractivity contribution in [2.45, 2.75) is 42.7 Å². The van der Waals surface area contributed by atoms with Crippen molar-refractivity contribution >= 4 is 10.0 Å². The zero-order chi connectivity index (χ0) is 16.4. The molecular formula is C16H23NO5S. The number of rotatable bonds is 4. The Kier molecular flexibility index (Phi) is 4.79. The van der Waals surface area contributed by atoms with Crippen LogP contribution in [0, 0.1) is 0 Å². The Morgan fingerprint density at radius 2 is 1.87 bits per heavy atom. The molecule has 7 heteroatoms. The van der Waals surface area contributed by atoms with Gasteiger partial charge in [0.15, 0.2) is 11.5 Å². The molecule has 0 amide bonds. The quantitative estimate of drug-likeness (QED) is 0.838. The van der Waals surface area contributed by atoms with Gasteiger partial charge in [0.2, 0.25) is 10.0 Å². The molecule has 2 atom stereocenters. The number of ether oxygens (including phenoxy) is 3. The van der Waals surface area contributed by atoms with E-state index in [0.29, 0.717) is 24.7 Å². The van der Waals surface area contributed by atoms with Crippen LogP contribution in [-0.4, -0.2) is 52.2 Å². The number of hydrogen-bond donors (Lipinski definition) is 0. The molecule has 1 saturated heterocycles. The molecule has 23 heavy (non-hydrogen) atoms. The number of sulfonamides is 1. The summed E-state index contributed by atoms with van der Waals surface area (Å²) in [6.45, 7) is 0.853. The van der Waals surface area contributed by atoms with Crippen LogP contribution in [0.5, 0.6) is 11.5 Å². The Bertz CT molecular complexity index is 658. The largest absolute Gasteiger partial charge is 0.493 e. The van der Waals surface area contributed by atoms with Gasteiger partial charge in [0.1, 0.15) is 0 Å². The molecule has 0 unspecified atom stereocenters. The zero-order valence-electron chi connectivity index (χ0n) is 13.5. The number of benzene rings is 1. The maximum absolute atomic E-state index is 13.1. The minimum absolute atomic E-state index is 0.0208. The third-order valence-electron chi connectivity index (χ3n) is 4.64. The Morgan fingerprint density at radius 3 is 2.61 bits per heavy atom. The van der Waals surface area contributed by atoms with E-state index in [0.717, 1.165) is 25.7 Å². The van der Waals surface area contributed by atoms with Crippen LogP contribution in [-0.2, 0) is 14.8 Å². The van der Waals surface area contributed by atoms with E-state index < -0.39 is 10.0 Å². The first kappa shape index (κ1) is 16.5. The molecule has 0 radical (unpaired) electrons. The van der Waals surface area contributed by atoms with Crippen molar-refractivity contribution in [1.82, 2.24) is 4.31 Å². The third-order valence-corrected chi connectivity index (χ3v) is 6.56. The second-order valence-electron chi connectivity index (χ2n) is 5.89. The summed E-state index contributed by atoms with van der Waals surface area (Å²) < 4.78 is 44.0. The lowest BCUT2D eigenvalue weighted by Gasteiger charge is -2.42. The van der Waals surface area contributed by atoms with Crippen molar-refractivity contribution in [2.24, 2.45) is 0 Å². The van der Waals surface area contributed by atoms with Crippen molar-refractivity contribution in [2.75, 3.05) is 27.4 Å². The van der Waals surface area contributed by atoms with E-state index in [9.17, 15) is 8.42 Å². The average Bonchev–Trinajstić information content (AvgIpc) is 2.60. The SMILES string of the molecule is COc1ccc(S(=O)(=O)N2CCO[C@@H]3CCCC[C@H]32)cc1OC. The molecule has 1 aliphatic heterocycles. The summed E-state index contributed by atoms with van der Waals surface area (Å²) in [5.74, 6) is 0.936. The highest BCUT2D eigenvalue weighted by atomic mass is 32.2. The second-order valence-corrected chi connectivity index (χ2v) is 7.78. The van der Waals surface area contributed by atoms with Crippen LogP contribution in [0.1, 0.15) is 25.7 Å². The van der Waals surface area contributed by atoms with E-state index in [-0.39, 0.29) is 17.0 Å². The summed E-state index contributed by atoms with van der Waals surface area (Å²) in [4.78, 5) is 0.237. The fourth-order valence-corrected chi connectivity index (χ4v) is 5.15. The first-order valence-electron chi connectivity index (χ1n) is 7.93. The molecule has 128 valence electrons. The van der Waals surface area contributed by atoms with Gasteiger partial charge >= 0.3 is 0 Å². The number of hydrogen-bond acceptors (Lipinski definition) is 5. The van der Waals surface area contributed by atoms with Crippen molar-refractivity contribution in [3.05, 3.63) is 18.2 Å². The molecule has 0 spiro atoms. The number of fused-ring (bicyclic) bond motifs is 1. The smallest absolute Gasteiger partial charge is 0.243 e. The average molecular weight is 341 g/mol. The highest BCUT2D eigenvalue weighted by molar-refractivity contribution is 7.89. The van der Waals surface area contributed by atoms with E-state index in [1.54, 1.807) is 16.4 Å². The van der Waals surface area contributed by atoms with Gasteiger partial charge in [0.05, 0.1) is 37.9 Å². The predicted octanol–water partition coefficient (Wildman–Crippen LogP) is 2.04. The zero-order valence-corrected chi connectivity index (χ0v) is 14.3. The molecule has 1 heterocycles. The van der Waals surface area contributed by atoms with Gasteiger partial charge in [-0.3, -0.25) is 0 Å². The van der Waals surface area contributed by atoms with Gasteiger partial charge in [0.25, 0.3) is 0 Å². The van der Waals surface area contributed by atoms with Crippen LogP contribution < -0.4 is 9.47 Å². The Morgan fingerprint density at radius 1 is 1.13 bits per heavy atom. The summed E-state index contributed by atoms with van der Waals surface area (Å²) in [6.07, 6.45) is 3.96. The minimum Gasteiger partial charge on any atom is -0.493 e. The van der Waals surface area contributed by atoms with Crippen molar-refractivity contribution in [3.63, 3.8) is 0 Å². The molecule has 3 rings (SSSR count). The van der Waals surface area contributed by atoms with Crippen LogP contribution in [0.2, 0.25) is 0 Å². The molecule has 0 aromatic heterocycles. The summed E-state index contributed by atoms with van der Waals surface area (Å²) in [5.41, 5.74) is 0. The topological polar surface area (TPSA) is 65.1 Å². The highest BCUT2D eigenvalue weighted by Gasteiger charge is 2.41. The summed E-state index contributed by atoms with van der Waals surface area (Å²) in [5, 5.41) is 0. The molecule has 1 saturated carbocycles. The molecule has 6 nitrogen and oxygen atoms in total. The third kappa shape index (κ3) is 3.05. The molecule has 2 fully saturated rings. The van der Waals surface area contributed by atoms with Crippen LogP contribution in [0.3, 0.4) is 0 Å². The molecule has 0 N–H and O–H groups in total. The normalized spacial score (nSPS) is 25.7. The lowest BCUT2D eigenvalue weighted by molar-refractivity contribution is -0.0586. The molecule has 2 aliphatic rings. The predicted molar refractivity (Wildman–Crippen MR) is 85.4 cm³/mol. The Balaban J connectivity index is 1.94. The number of methoxy groups -OCH3 is 2. The van der Waals surface area contributed by atoms with Gasteiger partial charge in [-0.25, -0.2) is 8.42 Å². The Hall–Kier alpha value is -1.31. The van der Waals surface area contributed by atoms with Gasteiger partial charge in [-0.1, -0.05) is 12.8 Å². The van der Waals surface area contributed by atoms with Crippen LogP contribution >= 0.6 is 0 Å². The van der Waals surface area contributed by atoms with Gasteiger partial charge in [-0.2, -0.15) is 4.31 Å². The molecule has 1 aromatic rings. The minimum atomic E-state index is -3.57. The molecular weight excluding hydrogens is 318 g/mol. The number of morpholine rings is 1. The maximum atomic E-state index is 13.1. The standard InChI is InChI=1S/C16H23NO5S/c1-20-15-8-7-12(11-16(15)21-2)23(18,19)17-9-10-22-14-6-4-3-5-13(14)17/h7-8,11,13-14H,3-6,9-10H2,1-2H3/t13-,14-/m1/s1. The Labute approximate surface area is 137 Å². The van der Waals surface area contributed by atoms with Gasteiger partial charge in [0, 0.05) is 12.6 Å². The molecule has 1 aromatic carbocycles. The highest BCUT2D eigenvalue weighted by Crippen LogP contribution is 2.35. The van der Waals surface area contributed by atoms with Crippen LogP contribution in [0.15, 0.2) is 23.1 Å². The van der Waals surface area contributed by atoms with Gasteiger partial charge in [-0.15, -0.1) is 0 Å². The first-order chi connectivity index (χ1) is 11.1. The fraction of sp³-hybridized carbons (Fsp3) is 0.625. The van der Waals surface area contributed by atoms with E-state index in [1.165, 1.54) is 20.3 Å². The monoisotopic (exact) mass is 341 g/mol. The summed E-state index contributed by atoms with van der Waals surface area (Å²) in [6, 6.07) is 4.67. The van der Waals surface area contributed by atoms with Crippen LogP contribution in [0.4, 0.5) is 0 Å². The lowest BCUT2D eigenvalue weighted by atomic mass is 9.91. The van der Waals surface area contributed by atoms with Crippen molar-refractivity contribution in [3.8, 4) is 11.5 Å². The maximum Gasteiger partial charge on any atom is 0.243 e.